The molecular weight excluding hydrogens is 279 g/mol. The van der Waals surface area contributed by atoms with Crippen LogP contribution in [0.1, 0.15) is 17.3 Å². The lowest BCUT2D eigenvalue weighted by molar-refractivity contribution is -0.383. The summed E-state index contributed by atoms with van der Waals surface area (Å²) in [6, 6.07) is 3.43. The number of anilines is 1. The summed E-state index contributed by atoms with van der Waals surface area (Å²) >= 11 is 0. The molecule has 0 radical (unpaired) electrons. The molecule has 1 rings (SSSR count). The third-order valence-electron chi connectivity index (χ3n) is 2.55. The number of alkyl halides is 3. The van der Waals surface area contributed by atoms with Crippen molar-refractivity contribution in [2.75, 3.05) is 18.8 Å². The van der Waals surface area contributed by atoms with Gasteiger partial charge in [0, 0.05) is 12.6 Å². The maximum atomic E-state index is 12.3. The molecule has 0 fully saturated rings. The molecule has 0 aliphatic carbocycles. The van der Waals surface area contributed by atoms with Gasteiger partial charge >= 0.3 is 6.18 Å². The molecule has 0 spiro atoms. The fourth-order valence-corrected chi connectivity index (χ4v) is 1.61. The van der Waals surface area contributed by atoms with Gasteiger partial charge in [0.05, 0.1) is 10.5 Å². The molecule has 0 heterocycles. The summed E-state index contributed by atoms with van der Waals surface area (Å²) in [5.41, 5.74) is 4.20. The highest BCUT2D eigenvalue weighted by Gasteiger charge is 2.33. The standard InChI is InChI=1S/C11H12F3N3O3/c1-2-16(6-11(12,13)14)10(18)7-4-3-5-8(9(7)15)17(19)20/h3-5H,2,6,15H2,1H3. The lowest BCUT2D eigenvalue weighted by atomic mass is 10.1. The van der Waals surface area contributed by atoms with E-state index >= 15 is 0 Å². The number of halogens is 3. The molecule has 0 bridgehead atoms. The van der Waals surface area contributed by atoms with E-state index in [0.29, 0.717) is 4.90 Å². The molecule has 0 aliphatic rings. The molecule has 1 aromatic rings. The van der Waals surface area contributed by atoms with E-state index < -0.39 is 34.9 Å². The number of nitrogen functional groups attached to an aromatic ring is 1. The number of nitrogens with two attached hydrogens (primary N) is 1. The lowest BCUT2D eigenvalue weighted by Gasteiger charge is -2.22. The largest absolute Gasteiger partial charge is 0.406 e. The summed E-state index contributed by atoms with van der Waals surface area (Å²) in [4.78, 5) is 22.4. The monoisotopic (exact) mass is 291 g/mol. The second-order valence-electron chi connectivity index (χ2n) is 3.93. The van der Waals surface area contributed by atoms with Gasteiger partial charge in [-0.05, 0) is 13.0 Å². The summed E-state index contributed by atoms with van der Waals surface area (Å²) in [7, 11) is 0. The van der Waals surface area contributed by atoms with Crippen molar-refractivity contribution in [2.45, 2.75) is 13.1 Å². The van der Waals surface area contributed by atoms with Crippen LogP contribution in [-0.2, 0) is 0 Å². The highest BCUT2D eigenvalue weighted by molar-refractivity contribution is 6.01. The Kier molecular flexibility index (Phi) is 4.53. The fourth-order valence-electron chi connectivity index (χ4n) is 1.61. The zero-order chi connectivity index (χ0) is 15.5. The molecule has 0 aliphatic heterocycles. The van der Waals surface area contributed by atoms with Gasteiger partial charge in [0.2, 0.25) is 0 Å². The number of benzene rings is 1. The van der Waals surface area contributed by atoms with Crippen LogP contribution in [0.3, 0.4) is 0 Å². The van der Waals surface area contributed by atoms with Gasteiger partial charge in [-0.25, -0.2) is 0 Å². The first-order valence-electron chi connectivity index (χ1n) is 5.56. The van der Waals surface area contributed by atoms with Gasteiger partial charge in [-0.15, -0.1) is 0 Å². The molecule has 110 valence electrons. The first kappa shape index (κ1) is 15.7. The molecular formula is C11H12F3N3O3. The number of nitro groups is 1. The Labute approximate surface area is 112 Å². The average Bonchev–Trinajstić information content (AvgIpc) is 2.34. The van der Waals surface area contributed by atoms with Gasteiger partial charge in [-0.2, -0.15) is 13.2 Å². The van der Waals surface area contributed by atoms with E-state index in [9.17, 15) is 28.1 Å². The Morgan fingerprint density at radius 2 is 2.05 bits per heavy atom. The predicted octanol–water partition coefficient (Wildman–Crippen LogP) is 2.20. The normalized spacial score (nSPS) is 11.2. The van der Waals surface area contributed by atoms with Crippen LogP contribution in [0.15, 0.2) is 18.2 Å². The Hall–Kier alpha value is -2.32. The first-order valence-corrected chi connectivity index (χ1v) is 5.56. The van der Waals surface area contributed by atoms with E-state index in [2.05, 4.69) is 0 Å². The van der Waals surface area contributed by atoms with Crippen LogP contribution in [-0.4, -0.2) is 35.0 Å². The van der Waals surface area contributed by atoms with E-state index in [4.69, 9.17) is 5.73 Å². The van der Waals surface area contributed by atoms with E-state index in [-0.39, 0.29) is 12.1 Å². The van der Waals surface area contributed by atoms with Crippen molar-refractivity contribution in [1.82, 2.24) is 4.90 Å². The maximum Gasteiger partial charge on any atom is 0.406 e. The van der Waals surface area contributed by atoms with Crippen LogP contribution in [0.4, 0.5) is 24.5 Å². The number of para-hydroxylation sites is 1. The minimum absolute atomic E-state index is 0.194. The summed E-state index contributed by atoms with van der Waals surface area (Å²) < 4.78 is 37.0. The summed E-state index contributed by atoms with van der Waals surface area (Å²) in [5, 5.41) is 10.7. The number of nitro benzene ring substituents is 1. The maximum absolute atomic E-state index is 12.3. The van der Waals surface area contributed by atoms with E-state index in [1.54, 1.807) is 0 Å². The molecule has 6 nitrogen and oxygen atoms in total. The molecule has 0 saturated carbocycles. The van der Waals surface area contributed by atoms with Crippen LogP contribution in [0, 0.1) is 10.1 Å². The fraction of sp³-hybridized carbons (Fsp3) is 0.364. The number of carbonyl (C=O) groups excluding carboxylic acids is 1. The lowest BCUT2D eigenvalue weighted by Crippen LogP contribution is -2.39. The van der Waals surface area contributed by atoms with Crippen LogP contribution in [0.25, 0.3) is 0 Å². The van der Waals surface area contributed by atoms with Gasteiger partial charge in [-0.3, -0.25) is 14.9 Å². The Bertz CT molecular complexity index is 531. The third kappa shape index (κ3) is 3.59. The number of amides is 1. The van der Waals surface area contributed by atoms with E-state index in [1.165, 1.54) is 13.0 Å². The minimum Gasteiger partial charge on any atom is -0.393 e. The predicted molar refractivity (Wildman–Crippen MR) is 65.1 cm³/mol. The highest BCUT2D eigenvalue weighted by atomic mass is 19.4. The van der Waals surface area contributed by atoms with Crippen molar-refractivity contribution in [2.24, 2.45) is 0 Å². The second kappa shape index (κ2) is 5.76. The topological polar surface area (TPSA) is 89.5 Å². The Morgan fingerprint density at radius 1 is 1.45 bits per heavy atom. The number of hydrogen-bond acceptors (Lipinski definition) is 4. The van der Waals surface area contributed by atoms with Gasteiger partial charge in [0.1, 0.15) is 12.2 Å². The number of rotatable bonds is 4. The molecule has 1 amide bonds. The van der Waals surface area contributed by atoms with Crippen molar-refractivity contribution in [3.8, 4) is 0 Å². The molecule has 0 aromatic heterocycles. The number of hydrogen-bond donors (Lipinski definition) is 1. The van der Waals surface area contributed by atoms with E-state index in [1.807, 2.05) is 0 Å². The van der Waals surface area contributed by atoms with E-state index in [0.717, 1.165) is 12.1 Å². The molecule has 2 N–H and O–H groups in total. The average molecular weight is 291 g/mol. The van der Waals surface area contributed by atoms with Gasteiger partial charge < -0.3 is 10.6 Å². The van der Waals surface area contributed by atoms with Crippen molar-refractivity contribution in [3.05, 3.63) is 33.9 Å². The Balaban J connectivity index is 3.14. The molecule has 1 aromatic carbocycles. The quantitative estimate of drug-likeness (QED) is 0.523. The highest BCUT2D eigenvalue weighted by Crippen LogP contribution is 2.27. The van der Waals surface area contributed by atoms with Crippen molar-refractivity contribution in [3.63, 3.8) is 0 Å². The van der Waals surface area contributed by atoms with Crippen LogP contribution in [0.5, 0.6) is 0 Å². The summed E-state index contributed by atoms with van der Waals surface area (Å²) in [6.07, 6.45) is -4.55. The zero-order valence-electron chi connectivity index (χ0n) is 10.5. The molecule has 9 heteroatoms. The van der Waals surface area contributed by atoms with Crippen LogP contribution in [0.2, 0.25) is 0 Å². The summed E-state index contributed by atoms with van der Waals surface area (Å²) in [6.45, 7) is -0.262. The smallest absolute Gasteiger partial charge is 0.393 e. The molecule has 0 saturated heterocycles. The van der Waals surface area contributed by atoms with Crippen molar-refractivity contribution < 1.29 is 22.9 Å². The number of carbonyl (C=O) groups is 1. The molecule has 20 heavy (non-hydrogen) atoms. The zero-order valence-corrected chi connectivity index (χ0v) is 10.5. The SMILES string of the molecule is CCN(CC(F)(F)F)C(=O)c1cccc([N+](=O)[O-])c1N. The molecule has 0 atom stereocenters. The van der Waals surface area contributed by atoms with Gasteiger partial charge in [-0.1, -0.05) is 6.07 Å². The first-order chi connectivity index (χ1) is 9.17. The van der Waals surface area contributed by atoms with Gasteiger partial charge in [0.15, 0.2) is 0 Å². The second-order valence-corrected chi connectivity index (χ2v) is 3.93. The third-order valence-corrected chi connectivity index (χ3v) is 2.55. The number of nitrogens with zero attached hydrogens (tertiary/aromatic N) is 2. The van der Waals surface area contributed by atoms with Gasteiger partial charge in [0.25, 0.3) is 11.6 Å². The van der Waals surface area contributed by atoms with Crippen LogP contribution < -0.4 is 5.73 Å². The Morgan fingerprint density at radius 3 is 2.50 bits per heavy atom. The van der Waals surface area contributed by atoms with Crippen molar-refractivity contribution >= 4 is 17.3 Å². The summed E-state index contributed by atoms with van der Waals surface area (Å²) in [5.74, 6) is -0.994. The minimum atomic E-state index is -4.55. The van der Waals surface area contributed by atoms with Crippen LogP contribution >= 0.6 is 0 Å². The molecule has 0 unspecified atom stereocenters. The van der Waals surface area contributed by atoms with Crippen molar-refractivity contribution in [1.29, 1.82) is 0 Å².